The third-order valence-electron chi connectivity index (χ3n) is 5.01. The lowest BCUT2D eigenvalue weighted by molar-refractivity contribution is 0.464. The van der Waals surface area contributed by atoms with E-state index in [1.165, 1.54) is 25.8 Å². The van der Waals surface area contributed by atoms with E-state index in [-0.39, 0.29) is 5.75 Å². The molecule has 2 nitrogen and oxygen atoms in total. The number of thiol groups is 1. The van der Waals surface area contributed by atoms with Crippen LogP contribution in [-0.2, 0) is 6.42 Å². The van der Waals surface area contributed by atoms with Crippen LogP contribution >= 0.6 is 10.9 Å². The number of fused-ring (bicyclic) bond motifs is 2. The molecular formula is C25H20O2S. The number of hydrogen-bond donors (Lipinski definition) is 2. The molecule has 0 spiro atoms. The first kappa shape index (κ1) is 17.0. The highest BCUT2D eigenvalue weighted by atomic mass is 32.2. The van der Waals surface area contributed by atoms with Crippen molar-refractivity contribution in [3.05, 3.63) is 108 Å². The average Bonchev–Trinajstić information content (AvgIpc) is 2.74. The third kappa shape index (κ3) is 3.14. The molecule has 0 fully saturated rings. The summed E-state index contributed by atoms with van der Waals surface area (Å²) in [7, 11) is -0.563. The molecule has 4 aromatic rings. The maximum atomic E-state index is 9.41. The third-order valence-corrected chi connectivity index (χ3v) is 7.66. The molecule has 0 aliphatic carbocycles. The van der Waals surface area contributed by atoms with Crippen LogP contribution in [0.1, 0.15) is 11.1 Å². The number of aromatic hydroxyl groups is 1. The van der Waals surface area contributed by atoms with Crippen LogP contribution in [0, 0.1) is 0 Å². The summed E-state index contributed by atoms with van der Waals surface area (Å²) in [6, 6.07) is 32.8. The minimum absolute atomic E-state index is 0.236. The van der Waals surface area contributed by atoms with Crippen LogP contribution in [0.15, 0.2) is 112 Å². The van der Waals surface area contributed by atoms with Gasteiger partial charge >= 0.3 is 0 Å². The SMILES string of the molecule is Oc1ccc(Oc2ccc([SH]3c4ccccc4Cc4ccccc43)cc2)cc1. The van der Waals surface area contributed by atoms with Crippen molar-refractivity contribution >= 4 is 10.9 Å². The molecule has 28 heavy (non-hydrogen) atoms. The Bertz CT molecular complexity index is 1070. The van der Waals surface area contributed by atoms with E-state index in [0.29, 0.717) is 5.75 Å². The molecule has 3 heteroatoms. The largest absolute Gasteiger partial charge is 0.508 e. The summed E-state index contributed by atoms with van der Waals surface area (Å²) in [5, 5.41) is 9.41. The van der Waals surface area contributed by atoms with Gasteiger partial charge in [-0.2, -0.15) is 10.9 Å². The maximum absolute atomic E-state index is 9.41. The Balaban J connectivity index is 1.50. The van der Waals surface area contributed by atoms with Crippen LogP contribution < -0.4 is 4.74 Å². The molecule has 1 aliphatic rings. The number of phenolic OH excluding ortho intramolecular Hbond substituents is 1. The van der Waals surface area contributed by atoms with E-state index in [2.05, 4.69) is 60.7 Å². The molecule has 0 aromatic heterocycles. The first-order valence-corrected chi connectivity index (χ1v) is 10.6. The average molecular weight is 385 g/mol. The molecule has 0 amide bonds. The van der Waals surface area contributed by atoms with Gasteiger partial charge in [0.25, 0.3) is 0 Å². The fourth-order valence-corrected chi connectivity index (χ4v) is 6.30. The molecule has 1 heterocycles. The minimum atomic E-state index is -0.563. The van der Waals surface area contributed by atoms with E-state index in [1.54, 1.807) is 24.3 Å². The highest BCUT2D eigenvalue weighted by Gasteiger charge is 2.23. The summed E-state index contributed by atoms with van der Waals surface area (Å²) in [5.41, 5.74) is 2.86. The highest BCUT2D eigenvalue weighted by molar-refractivity contribution is 8.17. The molecule has 4 aromatic carbocycles. The van der Waals surface area contributed by atoms with Crippen molar-refractivity contribution in [1.82, 2.24) is 0 Å². The van der Waals surface area contributed by atoms with Crippen molar-refractivity contribution in [2.45, 2.75) is 21.1 Å². The quantitative estimate of drug-likeness (QED) is 0.345. The Labute approximate surface area is 167 Å². The van der Waals surface area contributed by atoms with Crippen LogP contribution in [0.2, 0.25) is 0 Å². The highest BCUT2D eigenvalue weighted by Crippen LogP contribution is 2.57. The lowest BCUT2D eigenvalue weighted by Gasteiger charge is -2.32. The summed E-state index contributed by atoms with van der Waals surface area (Å²) < 4.78 is 5.91. The number of hydrogen-bond acceptors (Lipinski definition) is 2. The standard InChI is InChI=1S/C25H20O2S/c26-20-9-11-21(12-10-20)27-22-13-15-23(16-14-22)28-24-7-3-1-5-18(24)17-19-6-2-4-8-25(19)28/h1-16,26,28H,17H2. The molecule has 0 radical (unpaired) electrons. The lowest BCUT2D eigenvalue weighted by atomic mass is 10.0. The van der Waals surface area contributed by atoms with Gasteiger partial charge in [-0.3, -0.25) is 0 Å². The van der Waals surface area contributed by atoms with Gasteiger partial charge < -0.3 is 9.84 Å². The molecule has 0 saturated heterocycles. The number of phenols is 1. The second-order valence-corrected chi connectivity index (χ2v) is 9.01. The van der Waals surface area contributed by atoms with E-state index < -0.39 is 10.9 Å². The zero-order chi connectivity index (χ0) is 18.9. The van der Waals surface area contributed by atoms with E-state index >= 15 is 0 Å². The summed E-state index contributed by atoms with van der Waals surface area (Å²) in [4.78, 5) is 4.22. The number of benzene rings is 4. The minimum Gasteiger partial charge on any atom is -0.508 e. The van der Waals surface area contributed by atoms with Gasteiger partial charge in [0.05, 0.1) is 0 Å². The number of rotatable bonds is 3. The van der Waals surface area contributed by atoms with Crippen molar-refractivity contribution in [3.63, 3.8) is 0 Å². The zero-order valence-corrected chi connectivity index (χ0v) is 16.1. The van der Waals surface area contributed by atoms with E-state index in [0.717, 1.165) is 12.2 Å². The summed E-state index contributed by atoms with van der Waals surface area (Å²) >= 11 is 0. The van der Waals surface area contributed by atoms with Crippen LogP contribution in [0.5, 0.6) is 17.2 Å². The van der Waals surface area contributed by atoms with Gasteiger partial charge in [-0.05, 0) is 92.9 Å². The van der Waals surface area contributed by atoms with E-state index in [4.69, 9.17) is 4.74 Å². The first-order chi connectivity index (χ1) is 13.8. The van der Waals surface area contributed by atoms with Gasteiger partial charge in [0.2, 0.25) is 0 Å². The van der Waals surface area contributed by atoms with Crippen LogP contribution in [-0.4, -0.2) is 5.11 Å². The molecule has 0 bridgehead atoms. The monoisotopic (exact) mass is 384 g/mol. The van der Waals surface area contributed by atoms with Crippen molar-refractivity contribution in [1.29, 1.82) is 0 Å². The van der Waals surface area contributed by atoms with Crippen molar-refractivity contribution in [2.24, 2.45) is 0 Å². The molecule has 0 atom stereocenters. The second-order valence-electron chi connectivity index (χ2n) is 6.86. The van der Waals surface area contributed by atoms with Gasteiger partial charge in [-0.25, -0.2) is 0 Å². The van der Waals surface area contributed by atoms with E-state index in [1.807, 2.05) is 12.1 Å². The molecule has 1 N–H and O–H groups in total. The molecule has 0 unspecified atom stereocenters. The Hall–Kier alpha value is -3.17. The van der Waals surface area contributed by atoms with Crippen molar-refractivity contribution < 1.29 is 9.84 Å². The predicted octanol–water partition coefficient (Wildman–Crippen LogP) is 6.57. The zero-order valence-electron chi connectivity index (χ0n) is 15.2. The summed E-state index contributed by atoms with van der Waals surface area (Å²) in [5.74, 6) is 1.74. The summed E-state index contributed by atoms with van der Waals surface area (Å²) in [6.45, 7) is 0. The predicted molar refractivity (Wildman–Crippen MR) is 114 cm³/mol. The Morgan fingerprint density at radius 2 is 1.11 bits per heavy atom. The Morgan fingerprint density at radius 3 is 1.68 bits per heavy atom. The molecule has 138 valence electrons. The lowest BCUT2D eigenvalue weighted by Crippen LogP contribution is -2.04. The van der Waals surface area contributed by atoms with Gasteiger partial charge in [-0.1, -0.05) is 36.4 Å². The normalized spacial score (nSPS) is 13.5. The van der Waals surface area contributed by atoms with Crippen LogP contribution in [0.25, 0.3) is 0 Å². The first-order valence-electron chi connectivity index (χ1n) is 9.31. The fraction of sp³-hybridized carbons (Fsp3) is 0.0400. The molecule has 0 saturated carbocycles. The number of ether oxygens (including phenoxy) is 1. The Kier molecular flexibility index (Phi) is 4.30. The van der Waals surface area contributed by atoms with E-state index in [9.17, 15) is 5.11 Å². The fourth-order valence-electron chi connectivity index (χ4n) is 3.68. The van der Waals surface area contributed by atoms with Gasteiger partial charge in [0, 0.05) is 0 Å². The van der Waals surface area contributed by atoms with Gasteiger partial charge in [0.1, 0.15) is 17.2 Å². The molecule has 5 rings (SSSR count). The van der Waals surface area contributed by atoms with Crippen LogP contribution in [0.4, 0.5) is 0 Å². The van der Waals surface area contributed by atoms with Crippen molar-refractivity contribution in [3.8, 4) is 17.2 Å². The van der Waals surface area contributed by atoms with Gasteiger partial charge in [-0.15, -0.1) is 0 Å². The van der Waals surface area contributed by atoms with Crippen molar-refractivity contribution in [2.75, 3.05) is 0 Å². The Morgan fingerprint density at radius 1 is 0.607 bits per heavy atom. The van der Waals surface area contributed by atoms with Gasteiger partial charge in [0.15, 0.2) is 0 Å². The molecular weight excluding hydrogens is 364 g/mol. The second kappa shape index (κ2) is 7.10. The smallest absolute Gasteiger partial charge is 0.127 e. The maximum Gasteiger partial charge on any atom is 0.127 e. The molecule has 1 aliphatic heterocycles. The van der Waals surface area contributed by atoms with Crippen LogP contribution in [0.3, 0.4) is 0 Å². The topological polar surface area (TPSA) is 29.5 Å². The summed E-state index contributed by atoms with van der Waals surface area (Å²) in [6.07, 6.45) is 1.01.